The Balaban J connectivity index is 3.52. The zero-order valence-electron chi connectivity index (χ0n) is 17.7. The van der Waals surface area contributed by atoms with E-state index in [1.54, 1.807) is 0 Å². The third kappa shape index (κ3) is 7.18. The van der Waals surface area contributed by atoms with Crippen molar-refractivity contribution in [3.05, 3.63) is 0 Å². The summed E-state index contributed by atoms with van der Waals surface area (Å²) in [4.78, 5) is 47.7. The summed E-state index contributed by atoms with van der Waals surface area (Å²) in [6.07, 6.45) is -9.38. The standard InChI is InChI=1S/C15H18Cl3NO10/c1-5(20)25-8-9(26-6(2)21)11(27-7(3)22)13(28-10(8)12(23)24-4)29-14(19)15(16,17)18/h8-11,13,19H,1-4H3/t8-,9-,10-,11+,13?/m0/s1/i1D,2D,3D. The van der Waals surface area contributed by atoms with Gasteiger partial charge >= 0.3 is 23.9 Å². The molecule has 0 aromatic carbocycles. The first kappa shape index (κ1) is 20.5. The lowest BCUT2D eigenvalue weighted by Gasteiger charge is -2.43. The molecule has 1 saturated heterocycles. The van der Waals surface area contributed by atoms with Crippen molar-refractivity contribution in [3.63, 3.8) is 0 Å². The fourth-order valence-corrected chi connectivity index (χ4v) is 2.37. The molecule has 1 fully saturated rings. The molecule has 1 aliphatic rings. The first-order valence-electron chi connectivity index (χ1n) is 9.53. The van der Waals surface area contributed by atoms with Crippen LogP contribution < -0.4 is 0 Å². The summed E-state index contributed by atoms with van der Waals surface area (Å²) in [6.45, 7) is -2.74. The van der Waals surface area contributed by atoms with Gasteiger partial charge in [-0.3, -0.25) is 19.8 Å². The van der Waals surface area contributed by atoms with Crippen LogP contribution in [0.1, 0.15) is 24.8 Å². The molecule has 0 bridgehead atoms. The van der Waals surface area contributed by atoms with Crippen LogP contribution in [0.5, 0.6) is 0 Å². The SMILES string of the molecule is [2H]CC(=O)O[C@H]1[C@H](OC(=O)C[2H])[C@@H](OC(=O)C[2H])C(OC(=N)C(Cl)(Cl)Cl)O[C@@H]1C(=O)OC. The van der Waals surface area contributed by atoms with Crippen molar-refractivity contribution in [2.45, 2.75) is 55.2 Å². The number of methoxy groups -OCH3 is 1. The highest BCUT2D eigenvalue weighted by molar-refractivity contribution is 6.76. The second-order valence-corrected chi connectivity index (χ2v) is 7.54. The number of hydrogen-bond acceptors (Lipinski definition) is 11. The van der Waals surface area contributed by atoms with Gasteiger partial charge in [0.1, 0.15) is 0 Å². The molecule has 1 heterocycles. The van der Waals surface area contributed by atoms with Gasteiger partial charge in [-0.15, -0.1) is 0 Å². The van der Waals surface area contributed by atoms with Crippen molar-refractivity contribution >= 4 is 64.6 Å². The molecule has 11 nitrogen and oxygen atoms in total. The summed E-state index contributed by atoms with van der Waals surface area (Å²) in [7, 11) is 0.950. The van der Waals surface area contributed by atoms with Crippen LogP contribution in [0.3, 0.4) is 0 Å². The molecular weight excluding hydrogens is 461 g/mol. The Morgan fingerprint density at radius 1 is 0.897 bits per heavy atom. The molecular formula is C15H18Cl3NO10. The number of nitrogens with one attached hydrogen (secondary N) is 1. The van der Waals surface area contributed by atoms with E-state index in [1.807, 2.05) is 0 Å². The number of rotatable bonds is 5. The number of ether oxygens (including phenoxy) is 6. The summed E-state index contributed by atoms with van der Waals surface area (Å²) in [6, 6.07) is 0. The van der Waals surface area contributed by atoms with E-state index in [0.29, 0.717) is 0 Å². The van der Waals surface area contributed by atoms with Crippen LogP contribution in [0.15, 0.2) is 0 Å². The molecule has 29 heavy (non-hydrogen) atoms. The molecule has 1 rings (SSSR count). The van der Waals surface area contributed by atoms with Crippen molar-refractivity contribution in [2.75, 3.05) is 7.11 Å². The predicted octanol–water partition coefficient (Wildman–Crippen LogP) is 1.04. The maximum absolute atomic E-state index is 12.3. The molecule has 1 unspecified atom stereocenters. The van der Waals surface area contributed by atoms with E-state index in [4.69, 9.17) is 68.0 Å². The van der Waals surface area contributed by atoms with Crippen molar-refractivity contribution in [1.29, 1.82) is 5.41 Å². The first-order valence-corrected chi connectivity index (χ1v) is 8.54. The van der Waals surface area contributed by atoms with Crippen molar-refractivity contribution in [3.8, 4) is 0 Å². The molecule has 0 aromatic rings. The summed E-state index contributed by atoms with van der Waals surface area (Å²) in [5.74, 6) is -5.79. The van der Waals surface area contributed by atoms with E-state index < -0.39 is 85.0 Å². The third-order valence-electron chi connectivity index (χ3n) is 3.22. The fraction of sp³-hybridized carbons (Fsp3) is 0.667. The number of halogens is 3. The summed E-state index contributed by atoms with van der Waals surface area (Å²) in [5.41, 5.74) is 0. The second-order valence-electron chi connectivity index (χ2n) is 5.26. The molecule has 0 radical (unpaired) electrons. The Kier molecular flexibility index (Phi) is 7.25. The van der Waals surface area contributed by atoms with Crippen LogP contribution in [0, 0.1) is 5.41 Å². The van der Waals surface area contributed by atoms with E-state index in [2.05, 4.69) is 4.74 Å². The van der Waals surface area contributed by atoms with Crippen molar-refractivity contribution < 1.29 is 51.7 Å². The lowest BCUT2D eigenvalue weighted by molar-refractivity contribution is -0.285. The minimum absolute atomic E-state index is 0.904. The minimum atomic E-state index is -2.42. The van der Waals surface area contributed by atoms with Gasteiger partial charge in [-0.2, -0.15) is 0 Å². The van der Waals surface area contributed by atoms with Gasteiger partial charge in [-0.05, 0) is 0 Å². The average Bonchev–Trinajstić information content (AvgIpc) is 2.75. The molecule has 14 heteroatoms. The number of alkyl halides is 3. The summed E-state index contributed by atoms with van der Waals surface area (Å²) < 4.78 is 48.9. The largest absolute Gasteiger partial charge is 0.467 e. The Hall–Kier alpha value is -1.82. The van der Waals surface area contributed by atoms with Gasteiger partial charge in [0.15, 0.2) is 18.3 Å². The van der Waals surface area contributed by atoms with E-state index in [1.165, 1.54) is 0 Å². The van der Waals surface area contributed by atoms with Crippen LogP contribution >= 0.6 is 34.8 Å². The monoisotopic (exact) mass is 480 g/mol. The topological polar surface area (TPSA) is 148 Å². The van der Waals surface area contributed by atoms with Gasteiger partial charge in [0.2, 0.25) is 18.3 Å². The van der Waals surface area contributed by atoms with Gasteiger partial charge in [-0.1, -0.05) is 34.8 Å². The highest BCUT2D eigenvalue weighted by atomic mass is 35.6. The molecule has 0 aromatic heterocycles. The minimum Gasteiger partial charge on any atom is -0.467 e. The molecule has 0 spiro atoms. The maximum Gasteiger partial charge on any atom is 0.339 e. The normalized spacial score (nSPS) is 28.0. The molecule has 1 N–H and O–H groups in total. The number of carbonyl (C=O) groups is 4. The zero-order chi connectivity index (χ0) is 24.6. The van der Waals surface area contributed by atoms with E-state index >= 15 is 0 Å². The predicted molar refractivity (Wildman–Crippen MR) is 96.4 cm³/mol. The average molecular weight is 482 g/mol. The molecule has 0 amide bonds. The smallest absolute Gasteiger partial charge is 0.339 e. The highest BCUT2D eigenvalue weighted by Crippen LogP contribution is 2.33. The van der Waals surface area contributed by atoms with Crippen LogP contribution in [0.4, 0.5) is 0 Å². The Morgan fingerprint density at radius 2 is 1.38 bits per heavy atom. The summed E-state index contributed by atoms with van der Waals surface area (Å²) >= 11 is 16.7. The first-order chi connectivity index (χ1) is 14.9. The van der Waals surface area contributed by atoms with Gasteiger partial charge in [-0.25, -0.2) is 4.79 Å². The quantitative estimate of drug-likeness (QED) is 0.198. The fourth-order valence-electron chi connectivity index (χ4n) is 2.24. The van der Waals surface area contributed by atoms with Crippen LogP contribution in [-0.4, -0.2) is 71.4 Å². The van der Waals surface area contributed by atoms with Gasteiger partial charge < -0.3 is 28.4 Å². The Labute approximate surface area is 184 Å². The molecule has 1 aliphatic heterocycles. The lowest BCUT2D eigenvalue weighted by Crippen LogP contribution is -2.64. The van der Waals surface area contributed by atoms with E-state index in [9.17, 15) is 19.2 Å². The van der Waals surface area contributed by atoms with E-state index in [-0.39, 0.29) is 0 Å². The van der Waals surface area contributed by atoms with Crippen LogP contribution in [0.2, 0.25) is 0 Å². The highest BCUT2D eigenvalue weighted by Gasteiger charge is 2.56. The Morgan fingerprint density at radius 3 is 1.83 bits per heavy atom. The molecule has 0 aliphatic carbocycles. The second kappa shape index (κ2) is 10.3. The zero-order valence-corrected chi connectivity index (χ0v) is 17.0. The van der Waals surface area contributed by atoms with E-state index in [0.717, 1.165) is 7.11 Å². The van der Waals surface area contributed by atoms with Crippen molar-refractivity contribution in [2.24, 2.45) is 0 Å². The number of esters is 4. The van der Waals surface area contributed by atoms with Crippen LogP contribution in [0.25, 0.3) is 0 Å². The van der Waals surface area contributed by atoms with Gasteiger partial charge in [0.25, 0.3) is 3.79 Å². The van der Waals surface area contributed by atoms with Crippen molar-refractivity contribution in [1.82, 2.24) is 0 Å². The summed E-state index contributed by atoms with van der Waals surface area (Å²) in [5, 5.41) is 7.71. The van der Waals surface area contributed by atoms with Gasteiger partial charge in [0.05, 0.1) is 7.11 Å². The molecule has 0 saturated carbocycles. The lowest BCUT2D eigenvalue weighted by atomic mass is 9.97. The number of carbonyl (C=O) groups excluding carboxylic acids is 4. The van der Waals surface area contributed by atoms with Crippen LogP contribution in [-0.2, 0) is 47.6 Å². The van der Waals surface area contributed by atoms with Gasteiger partial charge in [0, 0.05) is 24.8 Å². The molecule has 164 valence electrons. The molecule has 5 atom stereocenters. The Bertz CT molecular complexity index is 738. The maximum atomic E-state index is 12.3. The number of hydrogen-bond donors (Lipinski definition) is 1. The third-order valence-corrected chi connectivity index (χ3v) is 3.74.